The van der Waals surface area contributed by atoms with Gasteiger partial charge in [0.1, 0.15) is 6.10 Å². The van der Waals surface area contributed by atoms with Crippen molar-refractivity contribution < 1.29 is 9.53 Å². The Hall–Kier alpha value is -1.57. The van der Waals surface area contributed by atoms with Gasteiger partial charge in [-0.15, -0.1) is 0 Å². The maximum Gasteiger partial charge on any atom is 0.338 e. The monoisotopic (exact) mass is 490 g/mol. The summed E-state index contributed by atoms with van der Waals surface area (Å²) in [4.78, 5) is 12.7. The van der Waals surface area contributed by atoms with E-state index in [1.54, 1.807) is 5.57 Å². The molecule has 198 valence electrons. The van der Waals surface area contributed by atoms with Crippen molar-refractivity contribution in [2.75, 3.05) is 0 Å². The van der Waals surface area contributed by atoms with E-state index in [1.807, 2.05) is 30.3 Å². The van der Waals surface area contributed by atoms with Gasteiger partial charge in [-0.2, -0.15) is 0 Å². The second kappa shape index (κ2) is 10.3. The standard InChI is InChI=1S/C34H50O2/c1-23(2)10-9-11-24(3)29-16-17-30-28-15-14-26-22-27(36-32(35)25-12-7-6-8-13-25)18-20-33(26,4)31(28)19-21-34(29,30)5/h6-8,12-14,23-24,27-31H,9-11,15-22H2,1-5H3/t24?,27?,28?,29?,30?,31?,33-,34+/m0/s1. The van der Waals surface area contributed by atoms with Gasteiger partial charge < -0.3 is 4.74 Å². The van der Waals surface area contributed by atoms with Gasteiger partial charge in [-0.1, -0.05) is 83.7 Å². The van der Waals surface area contributed by atoms with Crippen LogP contribution in [-0.2, 0) is 4.74 Å². The summed E-state index contributed by atoms with van der Waals surface area (Å²) in [5.41, 5.74) is 3.12. The highest BCUT2D eigenvalue weighted by molar-refractivity contribution is 5.89. The molecule has 1 aromatic carbocycles. The quantitative estimate of drug-likeness (QED) is 0.281. The topological polar surface area (TPSA) is 26.3 Å². The first-order valence-corrected chi connectivity index (χ1v) is 15.2. The van der Waals surface area contributed by atoms with Crippen LogP contribution in [0.5, 0.6) is 0 Å². The van der Waals surface area contributed by atoms with Crippen LogP contribution in [0.4, 0.5) is 0 Å². The van der Waals surface area contributed by atoms with Crippen LogP contribution < -0.4 is 0 Å². The van der Waals surface area contributed by atoms with Crippen molar-refractivity contribution in [1.29, 1.82) is 0 Å². The molecule has 0 saturated heterocycles. The summed E-state index contributed by atoms with van der Waals surface area (Å²) in [6, 6.07) is 9.49. The number of hydrogen-bond acceptors (Lipinski definition) is 2. The average Bonchev–Trinajstić information content (AvgIpc) is 3.22. The summed E-state index contributed by atoms with van der Waals surface area (Å²) in [5.74, 6) is 5.03. The first-order valence-electron chi connectivity index (χ1n) is 15.2. The van der Waals surface area contributed by atoms with Gasteiger partial charge in [0.2, 0.25) is 0 Å². The SMILES string of the molecule is CC(C)CCCC(C)C1CCC2C3CC=C4CC(OC(=O)c5ccccc5)CC[C@]4(C)C3CC[C@]12C. The van der Waals surface area contributed by atoms with E-state index in [0.717, 1.165) is 48.3 Å². The third-order valence-corrected chi connectivity index (χ3v) is 11.5. The Labute approximate surface area is 220 Å². The molecule has 0 aliphatic heterocycles. The number of fused-ring (bicyclic) bond motifs is 5. The molecule has 3 fully saturated rings. The molecule has 3 saturated carbocycles. The lowest BCUT2D eigenvalue weighted by molar-refractivity contribution is -0.0594. The van der Waals surface area contributed by atoms with E-state index in [0.29, 0.717) is 16.4 Å². The fourth-order valence-corrected chi connectivity index (χ4v) is 9.55. The molecule has 8 atom stereocenters. The lowest BCUT2D eigenvalue weighted by Gasteiger charge is -2.58. The summed E-state index contributed by atoms with van der Waals surface area (Å²) in [6.07, 6.45) is 17.0. The molecule has 0 N–H and O–H groups in total. The fourth-order valence-electron chi connectivity index (χ4n) is 9.55. The van der Waals surface area contributed by atoms with E-state index in [4.69, 9.17) is 4.74 Å². The highest BCUT2D eigenvalue weighted by Gasteiger charge is 2.59. The van der Waals surface area contributed by atoms with Crippen LogP contribution in [0.3, 0.4) is 0 Å². The van der Waals surface area contributed by atoms with E-state index >= 15 is 0 Å². The normalized spacial score (nSPS) is 38.5. The van der Waals surface area contributed by atoms with Crippen molar-refractivity contribution in [3.63, 3.8) is 0 Å². The number of hydrogen-bond donors (Lipinski definition) is 0. The van der Waals surface area contributed by atoms with Crippen LogP contribution in [0.2, 0.25) is 0 Å². The minimum atomic E-state index is -0.161. The van der Waals surface area contributed by atoms with Crippen LogP contribution in [0.1, 0.15) is 116 Å². The Morgan fingerprint density at radius 1 is 0.972 bits per heavy atom. The molecular weight excluding hydrogens is 440 g/mol. The molecular formula is C34H50O2. The zero-order valence-corrected chi connectivity index (χ0v) is 23.6. The number of carbonyl (C=O) groups is 1. The highest BCUT2D eigenvalue weighted by Crippen LogP contribution is 2.67. The maximum atomic E-state index is 12.7. The Morgan fingerprint density at radius 3 is 2.50 bits per heavy atom. The molecule has 5 rings (SSSR count). The Kier molecular flexibility index (Phi) is 7.45. The largest absolute Gasteiger partial charge is 0.458 e. The molecule has 4 aliphatic carbocycles. The van der Waals surface area contributed by atoms with Crippen LogP contribution >= 0.6 is 0 Å². The Bertz CT molecular complexity index is 947. The highest BCUT2D eigenvalue weighted by atomic mass is 16.5. The van der Waals surface area contributed by atoms with Gasteiger partial charge in [-0.3, -0.25) is 0 Å². The van der Waals surface area contributed by atoms with Gasteiger partial charge in [0.15, 0.2) is 0 Å². The second-order valence-electron chi connectivity index (χ2n) is 13.9. The maximum absolute atomic E-state index is 12.7. The van der Waals surface area contributed by atoms with Gasteiger partial charge >= 0.3 is 5.97 Å². The van der Waals surface area contributed by atoms with Gasteiger partial charge in [0.05, 0.1) is 5.56 Å². The van der Waals surface area contributed by atoms with E-state index in [-0.39, 0.29) is 12.1 Å². The van der Waals surface area contributed by atoms with Crippen molar-refractivity contribution in [1.82, 2.24) is 0 Å². The molecule has 6 unspecified atom stereocenters. The summed E-state index contributed by atoms with van der Waals surface area (Å²) < 4.78 is 6.00. The van der Waals surface area contributed by atoms with Gasteiger partial charge in [0, 0.05) is 6.42 Å². The minimum absolute atomic E-state index is 0.0324. The van der Waals surface area contributed by atoms with Crippen molar-refractivity contribution in [3.8, 4) is 0 Å². The first kappa shape index (κ1) is 26.1. The van der Waals surface area contributed by atoms with Crippen molar-refractivity contribution in [2.24, 2.45) is 46.3 Å². The molecule has 36 heavy (non-hydrogen) atoms. The number of esters is 1. The number of ether oxygens (including phenoxy) is 1. The van der Waals surface area contributed by atoms with E-state index in [9.17, 15) is 4.79 Å². The summed E-state index contributed by atoms with van der Waals surface area (Å²) in [5, 5.41) is 0. The van der Waals surface area contributed by atoms with Crippen molar-refractivity contribution in [3.05, 3.63) is 47.5 Å². The lowest BCUT2D eigenvalue weighted by atomic mass is 9.47. The van der Waals surface area contributed by atoms with E-state index < -0.39 is 0 Å². The third-order valence-electron chi connectivity index (χ3n) is 11.5. The predicted molar refractivity (Wildman–Crippen MR) is 149 cm³/mol. The van der Waals surface area contributed by atoms with Gasteiger partial charge in [-0.05, 0) is 103 Å². The molecule has 2 heteroatoms. The van der Waals surface area contributed by atoms with Crippen molar-refractivity contribution >= 4 is 5.97 Å². The summed E-state index contributed by atoms with van der Waals surface area (Å²) in [7, 11) is 0. The number of rotatable bonds is 7. The molecule has 4 aliphatic rings. The minimum Gasteiger partial charge on any atom is -0.458 e. The van der Waals surface area contributed by atoms with Crippen LogP contribution in [0.25, 0.3) is 0 Å². The van der Waals surface area contributed by atoms with Gasteiger partial charge in [-0.25, -0.2) is 4.79 Å². The summed E-state index contributed by atoms with van der Waals surface area (Å²) in [6.45, 7) is 12.6. The Morgan fingerprint density at radius 2 is 1.75 bits per heavy atom. The fraction of sp³-hybridized carbons (Fsp3) is 0.735. The Balaban J connectivity index is 1.25. The van der Waals surface area contributed by atoms with Crippen LogP contribution in [0, 0.1) is 46.3 Å². The summed E-state index contributed by atoms with van der Waals surface area (Å²) >= 11 is 0. The number of benzene rings is 1. The first-order chi connectivity index (χ1) is 17.2. The molecule has 0 aromatic heterocycles. The predicted octanol–water partition coefficient (Wildman–Crippen LogP) is 9.25. The van der Waals surface area contributed by atoms with E-state index in [2.05, 4.69) is 40.7 Å². The molecule has 0 amide bonds. The lowest BCUT2D eigenvalue weighted by Crippen LogP contribution is -2.51. The zero-order valence-electron chi connectivity index (χ0n) is 23.6. The zero-order chi connectivity index (χ0) is 25.5. The van der Waals surface area contributed by atoms with Gasteiger partial charge in [0.25, 0.3) is 0 Å². The molecule has 2 nitrogen and oxygen atoms in total. The van der Waals surface area contributed by atoms with Crippen molar-refractivity contribution in [2.45, 2.75) is 111 Å². The second-order valence-corrected chi connectivity index (χ2v) is 13.9. The molecule has 0 heterocycles. The van der Waals surface area contributed by atoms with Crippen LogP contribution in [-0.4, -0.2) is 12.1 Å². The third kappa shape index (κ3) is 4.71. The molecule has 0 spiro atoms. The average molecular weight is 491 g/mol. The van der Waals surface area contributed by atoms with E-state index in [1.165, 1.54) is 57.8 Å². The molecule has 1 aromatic rings. The molecule has 0 radical (unpaired) electrons. The van der Waals surface area contributed by atoms with Crippen LogP contribution in [0.15, 0.2) is 42.0 Å². The number of allylic oxidation sites excluding steroid dienone is 1. The smallest absolute Gasteiger partial charge is 0.338 e. The molecule has 0 bridgehead atoms. The number of carbonyl (C=O) groups excluding carboxylic acids is 1.